The van der Waals surface area contributed by atoms with Gasteiger partial charge in [-0.25, -0.2) is 4.98 Å². The fraction of sp³-hybridized carbons (Fsp3) is 0.238. The average Bonchev–Trinajstić information content (AvgIpc) is 3.14. The van der Waals surface area contributed by atoms with Gasteiger partial charge in [0.25, 0.3) is 5.91 Å². The first-order valence-electron chi connectivity index (χ1n) is 9.04. The van der Waals surface area contributed by atoms with Crippen molar-refractivity contribution >= 4 is 29.1 Å². The molecule has 0 aliphatic heterocycles. The van der Waals surface area contributed by atoms with Gasteiger partial charge in [0.1, 0.15) is 11.4 Å². The van der Waals surface area contributed by atoms with Gasteiger partial charge in [-0.2, -0.15) is 0 Å². The molecule has 0 bridgehead atoms. The summed E-state index contributed by atoms with van der Waals surface area (Å²) in [5.74, 6) is 0.0775. The van der Waals surface area contributed by atoms with Gasteiger partial charge >= 0.3 is 0 Å². The molecule has 6 nitrogen and oxygen atoms in total. The van der Waals surface area contributed by atoms with Crippen molar-refractivity contribution in [2.24, 2.45) is 5.73 Å². The monoisotopic (exact) mass is 433 g/mol. The largest absolute Gasteiger partial charge is 0.493 e. The number of primary amides is 1. The molecule has 3 N–H and O–H groups in total. The Labute approximate surface area is 178 Å². The highest BCUT2D eigenvalue weighted by Crippen LogP contribution is 2.29. The number of hydrogen-bond acceptors (Lipinski definition) is 4. The summed E-state index contributed by atoms with van der Waals surface area (Å²) in [5.41, 5.74) is 7.22. The predicted molar refractivity (Wildman–Crippen MR) is 113 cm³/mol. The molecular weight excluding hydrogens is 413 g/mol. The molecule has 0 saturated carbocycles. The van der Waals surface area contributed by atoms with Gasteiger partial charge in [-0.3, -0.25) is 4.79 Å². The van der Waals surface area contributed by atoms with Crippen LogP contribution in [0, 0.1) is 0 Å². The highest BCUT2D eigenvalue weighted by Gasteiger charge is 2.19. The molecule has 1 amide bonds. The van der Waals surface area contributed by atoms with Crippen LogP contribution in [-0.4, -0.2) is 33.3 Å². The van der Waals surface area contributed by atoms with Gasteiger partial charge < -0.3 is 20.1 Å². The van der Waals surface area contributed by atoms with Gasteiger partial charge in [0, 0.05) is 22.7 Å². The minimum Gasteiger partial charge on any atom is -0.493 e. The van der Waals surface area contributed by atoms with Crippen LogP contribution < -0.4 is 10.5 Å². The van der Waals surface area contributed by atoms with Crippen molar-refractivity contribution in [2.45, 2.75) is 25.5 Å². The number of aliphatic hydroxyl groups excluding tert-OH is 1. The third kappa shape index (κ3) is 5.50. The Bertz CT molecular complexity index is 984. The Morgan fingerprint density at radius 2 is 1.93 bits per heavy atom. The quantitative estimate of drug-likeness (QED) is 0.552. The van der Waals surface area contributed by atoms with Crippen LogP contribution in [0.25, 0.3) is 11.1 Å². The number of nitrogens with two attached hydrogens (primary N) is 1. The number of imidazole rings is 1. The SMILES string of the molecule is C[C@H](O)[C@@H](CCOc1cccc(-c2cc(Cl)cc(Cl)c2)c1)n1cnc(C(N)=O)c1. The van der Waals surface area contributed by atoms with Gasteiger partial charge in [0.05, 0.1) is 25.1 Å². The molecule has 3 rings (SSSR count). The van der Waals surface area contributed by atoms with Gasteiger partial charge in [0.15, 0.2) is 0 Å². The van der Waals surface area contributed by atoms with Crippen molar-refractivity contribution in [3.63, 3.8) is 0 Å². The van der Waals surface area contributed by atoms with E-state index in [-0.39, 0.29) is 11.7 Å². The number of carbonyl (C=O) groups excluding carboxylic acids is 1. The van der Waals surface area contributed by atoms with E-state index in [2.05, 4.69) is 4.98 Å². The minimum absolute atomic E-state index is 0.157. The van der Waals surface area contributed by atoms with Crippen LogP contribution in [0.15, 0.2) is 55.0 Å². The molecule has 29 heavy (non-hydrogen) atoms. The molecule has 2 aromatic carbocycles. The van der Waals surface area contributed by atoms with E-state index in [0.717, 1.165) is 11.1 Å². The third-order valence-corrected chi connectivity index (χ3v) is 4.94. The fourth-order valence-corrected chi connectivity index (χ4v) is 3.59. The summed E-state index contributed by atoms with van der Waals surface area (Å²) in [6, 6.07) is 12.7. The molecular formula is C21H21Cl2N3O3. The first kappa shape index (κ1) is 21.2. The second-order valence-corrected chi connectivity index (χ2v) is 7.57. The number of hydrogen-bond donors (Lipinski definition) is 2. The van der Waals surface area contributed by atoms with Crippen molar-refractivity contribution in [2.75, 3.05) is 6.61 Å². The predicted octanol–water partition coefficient (Wildman–Crippen LogP) is 4.35. The standard InChI is InChI=1S/C21H21Cl2N3O3/c1-13(27)20(26-11-19(21(24)28)25-12-26)5-6-29-18-4-2-3-14(9-18)15-7-16(22)10-17(23)8-15/h2-4,7-13,20,27H,5-6H2,1H3,(H2,24,28)/t13-,20+/m0/s1. The Morgan fingerprint density at radius 3 is 2.55 bits per heavy atom. The molecule has 0 aliphatic carbocycles. The number of ether oxygens (including phenoxy) is 1. The summed E-state index contributed by atoms with van der Waals surface area (Å²) < 4.78 is 7.56. The topological polar surface area (TPSA) is 90.4 Å². The molecule has 0 unspecified atom stereocenters. The molecule has 1 aromatic heterocycles. The normalized spacial score (nSPS) is 13.1. The summed E-state index contributed by atoms with van der Waals surface area (Å²) in [7, 11) is 0. The van der Waals surface area contributed by atoms with E-state index in [1.54, 1.807) is 17.6 Å². The summed E-state index contributed by atoms with van der Waals surface area (Å²) >= 11 is 12.2. The van der Waals surface area contributed by atoms with Crippen molar-refractivity contribution in [3.8, 4) is 16.9 Å². The highest BCUT2D eigenvalue weighted by atomic mass is 35.5. The number of halogens is 2. The van der Waals surface area contributed by atoms with Crippen LogP contribution >= 0.6 is 23.2 Å². The molecule has 0 saturated heterocycles. The molecule has 1 heterocycles. The summed E-state index contributed by atoms with van der Waals surface area (Å²) in [5, 5.41) is 11.2. The van der Waals surface area contributed by atoms with Gasteiger partial charge in [-0.05, 0) is 48.4 Å². The smallest absolute Gasteiger partial charge is 0.268 e. The van der Waals surface area contributed by atoms with E-state index >= 15 is 0 Å². The van der Waals surface area contributed by atoms with Crippen LogP contribution in [0.5, 0.6) is 5.75 Å². The van der Waals surface area contributed by atoms with Gasteiger partial charge in [-0.15, -0.1) is 0 Å². The molecule has 0 aliphatic rings. The summed E-state index contributed by atoms with van der Waals surface area (Å²) in [6.07, 6.45) is 2.87. The second-order valence-electron chi connectivity index (χ2n) is 6.70. The van der Waals surface area contributed by atoms with E-state index in [0.29, 0.717) is 28.8 Å². The highest BCUT2D eigenvalue weighted by molar-refractivity contribution is 6.35. The maximum atomic E-state index is 11.2. The van der Waals surface area contributed by atoms with E-state index in [4.69, 9.17) is 33.7 Å². The van der Waals surface area contributed by atoms with Gasteiger partial charge in [0.2, 0.25) is 0 Å². The lowest BCUT2D eigenvalue weighted by Crippen LogP contribution is -2.23. The molecule has 2 atom stereocenters. The molecule has 0 radical (unpaired) electrons. The third-order valence-electron chi connectivity index (χ3n) is 4.51. The Balaban J connectivity index is 1.68. The number of benzene rings is 2. The van der Waals surface area contributed by atoms with Crippen LogP contribution in [0.4, 0.5) is 0 Å². The van der Waals surface area contributed by atoms with Crippen LogP contribution in [0.3, 0.4) is 0 Å². The van der Waals surface area contributed by atoms with Crippen LogP contribution in [-0.2, 0) is 0 Å². The van der Waals surface area contributed by atoms with Crippen molar-refractivity contribution in [1.29, 1.82) is 0 Å². The molecule has 0 fully saturated rings. The average molecular weight is 434 g/mol. The first-order valence-corrected chi connectivity index (χ1v) is 9.80. The lowest BCUT2D eigenvalue weighted by molar-refractivity contribution is 0.0993. The number of nitrogens with zero attached hydrogens (tertiary/aromatic N) is 2. The van der Waals surface area contributed by atoms with Crippen molar-refractivity contribution < 1.29 is 14.6 Å². The number of rotatable bonds is 8. The zero-order valence-corrected chi connectivity index (χ0v) is 17.3. The summed E-state index contributed by atoms with van der Waals surface area (Å²) in [4.78, 5) is 15.2. The van der Waals surface area contributed by atoms with Gasteiger partial charge in [-0.1, -0.05) is 35.3 Å². The van der Waals surface area contributed by atoms with E-state index < -0.39 is 12.0 Å². The van der Waals surface area contributed by atoms with Crippen LogP contribution in [0.2, 0.25) is 10.0 Å². The number of amides is 1. The minimum atomic E-state index is -0.659. The molecule has 3 aromatic rings. The summed E-state index contributed by atoms with van der Waals surface area (Å²) in [6.45, 7) is 2.04. The molecule has 8 heteroatoms. The maximum absolute atomic E-state index is 11.2. The van der Waals surface area contributed by atoms with Crippen LogP contribution in [0.1, 0.15) is 29.9 Å². The second kappa shape index (κ2) is 9.31. The Morgan fingerprint density at radius 1 is 1.21 bits per heavy atom. The lowest BCUT2D eigenvalue weighted by Gasteiger charge is -2.21. The van der Waals surface area contributed by atoms with Crippen molar-refractivity contribution in [1.82, 2.24) is 9.55 Å². The zero-order chi connectivity index (χ0) is 21.0. The maximum Gasteiger partial charge on any atom is 0.268 e. The number of aliphatic hydroxyl groups is 1. The number of aromatic nitrogens is 2. The Hall–Kier alpha value is -2.54. The van der Waals surface area contributed by atoms with Crippen molar-refractivity contribution in [3.05, 3.63) is 70.7 Å². The number of carbonyl (C=O) groups is 1. The Kier molecular flexibility index (Phi) is 6.79. The van der Waals surface area contributed by atoms with E-state index in [1.165, 1.54) is 12.5 Å². The molecule has 152 valence electrons. The molecule has 0 spiro atoms. The zero-order valence-electron chi connectivity index (χ0n) is 15.8. The first-order chi connectivity index (χ1) is 13.8. The lowest BCUT2D eigenvalue weighted by atomic mass is 10.1. The van der Waals surface area contributed by atoms with E-state index in [9.17, 15) is 9.90 Å². The van der Waals surface area contributed by atoms with E-state index in [1.807, 2.05) is 36.4 Å². The fourth-order valence-electron chi connectivity index (χ4n) is 3.07.